The molecule has 1 heterocycles. The fraction of sp³-hybridized carbons (Fsp3) is 0.727. The van der Waals surface area contributed by atoms with Gasteiger partial charge < -0.3 is 4.74 Å². The monoisotopic (exact) mass is 180 g/mol. The van der Waals surface area contributed by atoms with Crippen LogP contribution in [0.3, 0.4) is 0 Å². The van der Waals surface area contributed by atoms with Crippen LogP contribution in [-0.2, 0) is 9.53 Å². The van der Waals surface area contributed by atoms with E-state index in [0.717, 1.165) is 6.42 Å². The summed E-state index contributed by atoms with van der Waals surface area (Å²) in [6.07, 6.45) is 5.79. The zero-order valence-electron chi connectivity index (χ0n) is 8.46. The summed E-state index contributed by atoms with van der Waals surface area (Å²) in [5.41, 5.74) is -0.144. The third kappa shape index (κ3) is 1.19. The van der Waals surface area contributed by atoms with Gasteiger partial charge in [0.2, 0.25) is 0 Å². The molecule has 1 saturated heterocycles. The van der Waals surface area contributed by atoms with Gasteiger partial charge in [0.05, 0.1) is 6.42 Å². The summed E-state index contributed by atoms with van der Waals surface area (Å²) in [6.45, 7) is 6.40. The molecule has 2 rings (SSSR count). The Morgan fingerprint density at radius 1 is 1.46 bits per heavy atom. The first-order chi connectivity index (χ1) is 5.94. The lowest BCUT2D eigenvalue weighted by molar-refractivity contribution is -0.148. The molecule has 0 radical (unpaired) electrons. The smallest absolute Gasteiger partial charge is 0.306 e. The Kier molecular flexibility index (Phi) is 1.60. The SMILES string of the molecule is CC1(C)C=CC[C@@]2(C)OC(=O)C[C@@H]12. The van der Waals surface area contributed by atoms with Gasteiger partial charge >= 0.3 is 5.97 Å². The van der Waals surface area contributed by atoms with E-state index in [0.29, 0.717) is 12.3 Å². The molecule has 0 saturated carbocycles. The molecule has 0 amide bonds. The quantitative estimate of drug-likeness (QED) is 0.422. The summed E-state index contributed by atoms with van der Waals surface area (Å²) in [4.78, 5) is 11.3. The molecule has 0 bridgehead atoms. The van der Waals surface area contributed by atoms with Crippen molar-refractivity contribution in [3.05, 3.63) is 12.2 Å². The van der Waals surface area contributed by atoms with Crippen molar-refractivity contribution in [3.63, 3.8) is 0 Å². The fourth-order valence-corrected chi connectivity index (χ4v) is 2.70. The van der Waals surface area contributed by atoms with Crippen LogP contribution in [0, 0.1) is 11.3 Å². The molecule has 72 valence electrons. The number of esters is 1. The molecule has 0 aromatic rings. The molecule has 0 N–H and O–H groups in total. The molecule has 2 atom stereocenters. The Hall–Kier alpha value is -0.790. The number of carbonyl (C=O) groups excluding carboxylic acids is 1. The number of ether oxygens (including phenoxy) is 1. The Morgan fingerprint density at radius 3 is 2.77 bits per heavy atom. The van der Waals surface area contributed by atoms with Crippen molar-refractivity contribution in [3.8, 4) is 0 Å². The van der Waals surface area contributed by atoms with Gasteiger partial charge in [0.1, 0.15) is 5.60 Å². The van der Waals surface area contributed by atoms with Gasteiger partial charge in [-0.2, -0.15) is 0 Å². The van der Waals surface area contributed by atoms with Crippen molar-refractivity contribution in [2.75, 3.05) is 0 Å². The summed E-state index contributed by atoms with van der Waals surface area (Å²) in [5, 5.41) is 0. The van der Waals surface area contributed by atoms with Gasteiger partial charge in [-0.3, -0.25) is 4.79 Å². The second-order valence-corrected chi connectivity index (χ2v) is 4.97. The van der Waals surface area contributed by atoms with Gasteiger partial charge in [-0.15, -0.1) is 0 Å². The maximum atomic E-state index is 11.3. The zero-order chi connectivity index (χ0) is 9.69. The number of allylic oxidation sites excluding steroid dienone is 1. The standard InChI is InChI=1S/C11H16O2/c1-10(2)5-4-6-11(3)8(10)7-9(12)13-11/h4-5,8H,6-7H2,1-3H3/t8-,11+/m0/s1. The molecular weight excluding hydrogens is 164 g/mol. The Morgan fingerprint density at radius 2 is 2.15 bits per heavy atom. The molecular formula is C11H16O2. The van der Waals surface area contributed by atoms with E-state index in [9.17, 15) is 4.79 Å². The van der Waals surface area contributed by atoms with E-state index in [-0.39, 0.29) is 17.0 Å². The second-order valence-electron chi connectivity index (χ2n) is 4.97. The van der Waals surface area contributed by atoms with E-state index in [1.54, 1.807) is 0 Å². The van der Waals surface area contributed by atoms with Gasteiger partial charge in [-0.1, -0.05) is 26.0 Å². The van der Waals surface area contributed by atoms with Crippen molar-refractivity contribution in [2.24, 2.45) is 11.3 Å². The highest BCUT2D eigenvalue weighted by atomic mass is 16.6. The Labute approximate surface area is 79.0 Å². The molecule has 0 aromatic carbocycles. The van der Waals surface area contributed by atoms with Crippen LogP contribution in [0.1, 0.15) is 33.6 Å². The zero-order valence-corrected chi connectivity index (χ0v) is 8.46. The highest BCUT2D eigenvalue weighted by Crippen LogP contribution is 2.49. The largest absolute Gasteiger partial charge is 0.459 e. The Bertz CT molecular complexity index is 278. The van der Waals surface area contributed by atoms with E-state index >= 15 is 0 Å². The van der Waals surface area contributed by atoms with Crippen LogP contribution in [-0.4, -0.2) is 11.6 Å². The topological polar surface area (TPSA) is 26.3 Å². The van der Waals surface area contributed by atoms with E-state index in [4.69, 9.17) is 4.74 Å². The molecule has 1 aliphatic heterocycles. The first-order valence-electron chi connectivity index (χ1n) is 4.84. The van der Waals surface area contributed by atoms with Crippen molar-refractivity contribution in [1.82, 2.24) is 0 Å². The van der Waals surface area contributed by atoms with Crippen LogP contribution in [0.2, 0.25) is 0 Å². The second kappa shape index (κ2) is 2.37. The molecule has 0 unspecified atom stereocenters. The number of rotatable bonds is 0. The van der Waals surface area contributed by atoms with Crippen molar-refractivity contribution in [2.45, 2.75) is 39.2 Å². The number of hydrogen-bond donors (Lipinski definition) is 0. The fourth-order valence-electron chi connectivity index (χ4n) is 2.70. The van der Waals surface area contributed by atoms with Gasteiger partial charge in [0, 0.05) is 12.3 Å². The average molecular weight is 180 g/mol. The number of fused-ring (bicyclic) bond motifs is 1. The van der Waals surface area contributed by atoms with Gasteiger partial charge in [-0.05, 0) is 12.3 Å². The van der Waals surface area contributed by atoms with E-state index in [2.05, 4.69) is 26.0 Å². The third-order valence-electron chi connectivity index (χ3n) is 3.42. The molecule has 0 aromatic heterocycles. The maximum Gasteiger partial charge on any atom is 0.306 e. The lowest BCUT2D eigenvalue weighted by Crippen LogP contribution is -2.41. The van der Waals surface area contributed by atoms with Crippen molar-refractivity contribution >= 4 is 5.97 Å². The Balaban J connectivity index is 2.38. The van der Waals surface area contributed by atoms with Crippen LogP contribution in [0.25, 0.3) is 0 Å². The molecule has 0 spiro atoms. The minimum atomic E-state index is -0.241. The number of carbonyl (C=O) groups is 1. The molecule has 13 heavy (non-hydrogen) atoms. The first kappa shape index (κ1) is 8.79. The maximum absolute atomic E-state index is 11.3. The summed E-state index contributed by atoms with van der Waals surface area (Å²) < 4.78 is 5.40. The van der Waals surface area contributed by atoms with Crippen LogP contribution >= 0.6 is 0 Å². The lowest BCUT2D eigenvalue weighted by atomic mass is 9.65. The predicted octanol–water partition coefficient (Wildman–Crippen LogP) is 2.29. The van der Waals surface area contributed by atoms with Crippen LogP contribution < -0.4 is 0 Å². The lowest BCUT2D eigenvalue weighted by Gasteiger charge is -2.41. The minimum Gasteiger partial charge on any atom is -0.459 e. The predicted molar refractivity (Wildman–Crippen MR) is 50.1 cm³/mol. The number of hydrogen-bond acceptors (Lipinski definition) is 2. The van der Waals surface area contributed by atoms with Gasteiger partial charge in [-0.25, -0.2) is 0 Å². The highest BCUT2D eigenvalue weighted by Gasteiger charge is 2.52. The first-order valence-corrected chi connectivity index (χ1v) is 4.84. The highest BCUT2D eigenvalue weighted by molar-refractivity contribution is 5.73. The van der Waals surface area contributed by atoms with Crippen LogP contribution in [0.15, 0.2) is 12.2 Å². The normalized spacial score (nSPS) is 41.5. The summed E-state index contributed by atoms with van der Waals surface area (Å²) in [6, 6.07) is 0. The molecule has 1 aliphatic carbocycles. The van der Waals surface area contributed by atoms with E-state index in [1.165, 1.54) is 0 Å². The summed E-state index contributed by atoms with van der Waals surface area (Å²) >= 11 is 0. The average Bonchev–Trinajstić information content (AvgIpc) is 2.25. The van der Waals surface area contributed by atoms with Crippen LogP contribution in [0.5, 0.6) is 0 Å². The van der Waals surface area contributed by atoms with Gasteiger partial charge in [0.15, 0.2) is 0 Å². The van der Waals surface area contributed by atoms with Crippen molar-refractivity contribution < 1.29 is 9.53 Å². The summed E-state index contributed by atoms with van der Waals surface area (Å²) in [5.74, 6) is 0.307. The molecule has 2 nitrogen and oxygen atoms in total. The van der Waals surface area contributed by atoms with Crippen LogP contribution in [0.4, 0.5) is 0 Å². The minimum absolute atomic E-state index is 0.0377. The van der Waals surface area contributed by atoms with E-state index < -0.39 is 0 Å². The van der Waals surface area contributed by atoms with Crippen molar-refractivity contribution in [1.29, 1.82) is 0 Å². The van der Waals surface area contributed by atoms with E-state index in [1.807, 2.05) is 6.92 Å². The summed E-state index contributed by atoms with van der Waals surface area (Å²) in [7, 11) is 0. The molecule has 2 aliphatic rings. The van der Waals surface area contributed by atoms with Gasteiger partial charge in [0.25, 0.3) is 0 Å². The molecule has 2 heteroatoms. The third-order valence-corrected chi connectivity index (χ3v) is 3.42. The molecule has 1 fully saturated rings.